The summed E-state index contributed by atoms with van der Waals surface area (Å²) in [6.07, 6.45) is 6.41. The minimum atomic E-state index is 0.0156. The van der Waals surface area contributed by atoms with Gasteiger partial charge in [-0.25, -0.2) is 0 Å². The van der Waals surface area contributed by atoms with Crippen molar-refractivity contribution < 1.29 is 4.79 Å². The fourth-order valence-electron chi connectivity index (χ4n) is 2.21. The van der Waals surface area contributed by atoms with Crippen LogP contribution < -0.4 is 5.32 Å². The molecule has 0 spiro atoms. The third kappa shape index (κ3) is 3.20. The van der Waals surface area contributed by atoms with Gasteiger partial charge in [0.05, 0.1) is 6.04 Å². The summed E-state index contributed by atoms with van der Waals surface area (Å²) in [6, 6.07) is 0.0156. The molecule has 1 amide bonds. The summed E-state index contributed by atoms with van der Waals surface area (Å²) in [5.74, 6) is 1.25. The Morgan fingerprint density at radius 2 is 2.07 bits per heavy atom. The van der Waals surface area contributed by atoms with E-state index in [9.17, 15) is 4.79 Å². The Labute approximate surface area is 92.2 Å². The Morgan fingerprint density at radius 1 is 1.40 bits per heavy atom. The molecule has 1 unspecified atom stereocenters. The van der Waals surface area contributed by atoms with E-state index in [2.05, 4.69) is 5.32 Å². The molecule has 1 N–H and O–H groups in total. The molecule has 0 aromatic heterocycles. The van der Waals surface area contributed by atoms with Crippen LogP contribution in [0.5, 0.6) is 0 Å². The molecule has 3 heteroatoms. The van der Waals surface area contributed by atoms with Gasteiger partial charge in [0.15, 0.2) is 0 Å². The molecule has 1 aliphatic carbocycles. The van der Waals surface area contributed by atoms with Gasteiger partial charge in [0.1, 0.15) is 0 Å². The van der Waals surface area contributed by atoms with Crippen molar-refractivity contribution in [2.24, 2.45) is 5.92 Å². The van der Waals surface area contributed by atoms with Crippen LogP contribution >= 0.6 is 0 Å². The number of carbonyl (C=O) groups excluding carboxylic acids is 1. The first-order chi connectivity index (χ1) is 7.27. The highest BCUT2D eigenvalue weighted by Gasteiger charge is 2.24. The van der Waals surface area contributed by atoms with E-state index in [1.165, 1.54) is 32.1 Å². The van der Waals surface area contributed by atoms with Gasteiger partial charge >= 0.3 is 0 Å². The Hall–Kier alpha value is -0.570. The quantitative estimate of drug-likeness (QED) is 0.743. The maximum absolute atomic E-state index is 11.9. The number of hydrogen-bond donors (Lipinski definition) is 1. The van der Waals surface area contributed by atoms with Crippen LogP contribution in [0.4, 0.5) is 0 Å². The molecule has 1 saturated carbocycles. The van der Waals surface area contributed by atoms with E-state index < -0.39 is 0 Å². The topological polar surface area (TPSA) is 32.3 Å². The Bertz CT molecular complexity index is 220. The average molecular weight is 210 g/mol. The van der Waals surface area contributed by atoms with Crippen LogP contribution in [-0.4, -0.2) is 36.5 Å². The number of rotatable bonds is 5. The van der Waals surface area contributed by atoms with Gasteiger partial charge in [0.2, 0.25) is 5.91 Å². The van der Waals surface area contributed by atoms with E-state index in [1.54, 1.807) is 0 Å². The normalized spacial score (nSPS) is 23.1. The SMILES string of the molecule is CC(NCCC1CC1)C(=O)N1CCCC1. The van der Waals surface area contributed by atoms with E-state index in [1.807, 2.05) is 11.8 Å². The van der Waals surface area contributed by atoms with Crippen LogP contribution in [-0.2, 0) is 4.79 Å². The number of amides is 1. The van der Waals surface area contributed by atoms with Crippen LogP contribution in [0.3, 0.4) is 0 Å². The number of hydrogen-bond acceptors (Lipinski definition) is 2. The van der Waals surface area contributed by atoms with Gasteiger partial charge < -0.3 is 10.2 Å². The molecule has 2 fully saturated rings. The zero-order valence-electron chi connectivity index (χ0n) is 9.67. The van der Waals surface area contributed by atoms with E-state index in [0.29, 0.717) is 5.91 Å². The van der Waals surface area contributed by atoms with E-state index in [4.69, 9.17) is 0 Å². The zero-order valence-corrected chi connectivity index (χ0v) is 9.67. The van der Waals surface area contributed by atoms with Gasteiger partial charge in [-0.1, -0.05) is 12.8 Å². The first-order valence-electron chi connectivity index (χ1n) is 6.29. The molecule has 86 valence electrons. The molecule has 15 heavy (non-hydrogen) atoms. The first-order valence-corrected chi connectivity index (χ1v) is 6.29. The smallest absolute Gasteiger partial charge is 0.239 e. The summed E-state index contributed by atoms with van der Waals surface area (Å²) in [7, 11) is 0. The first kappa shape index (κ1) is 10.9. The van der Waals surface area contributed by atoms with Crippen molar-refractivity contribution in [3.8, 4) is 0 Å². The summed E-state index contributed by atoms with van der Waals surface area (Å²) >= 11 is 0. The maximum atomic E-state index is 11.9. The number of carbonyl (C=O) groups is 1. The second-order valence-corrected chi connectivity index (χ2v) is 4.94. The third-order valence-electron chi connectivity index (χ3n) is 3.49. The highest BCUT2D eigenvalue weighted by atomic mass is 16.2. The molecular formula is C12H22N2O. The summed E-state index contributed by atoms with van der Waals surface area (Å²) in [5, 5.41) is 3.34. The van der Waals surface area contributed by atoms with Crippen LogP contribution in [0.1, 0.15) is 39.0 Å². The molecule has 1 heterocycles. The number of nitrogens with zero attached hydrogens (tertiary/aromatic N) is 1. The molecule has 0 radical (unpaired) electrons. The highest BCUT2D eigenvalue weighted by Crippen LogP contribution is 2.31. The summed E-state index contributed by atoms with van der Waals surface area (Å²) in [4.78, 5) is 13.9. The van der Waals surface area contributed by atoms with Crippen molar-refractivity contribution in [3.63, 3.8) is 0 Å². The molecule has 0 aromatic carbocycles. The minimum Gasteiger partial charge on any atom is -0.341 e. The van der Waals surface area contributed by atoms with Crippen molar-refractivity contribution in [1.82, 2.24) is 10.2 Å². The van der Waals surface area contributed by atoms with Crippen LogP contribution in [0.2, 0.25) is 0 Å². The van der Waals surface area contributed by atoms with Gasteiger partial charge in [0, 0.05) is 13.1 Å². The fraction of sp³-hybridized carbons (Fsp3) is 0.917. The molecule has 1 saturated heterocycles. The lowest BCUT2D eigenvalue weighted by atomic mass is 10.2. The zero-order chi connectivity index (χ0) is 10.7. The molecule has 2 rings (SSSR count). The highest BCUT2D eigenvalue weighted by molar-refractivity contribution is 5.81. The molecular weight excluding hydrogens is 188 g/mol. The standard InChI is InChI=1S/C12H22N2O/c1-10(13-7-6-11-4-5-11)12(15)14-8-2-3-9-14/h10-11,13H,2-9H2,1H3. The van der Waals surface area contributed by atoms with Gasteiger partial charge in [0.25, 0.3) is 0 Å². The summed E-state index contributed by atoms with van der Waals surface area (Å²) in [5.41, 5.74) is 0. The molecule has 1 aliphatic heterocycles. The second-order valence-electron chi connectivity index (χ2n) is 4.94. The van der Waals surface area contributed by atoms with Crippen LogP contribution in [0.15, 0.2) is 0 Å². The van der Waals surface area contributed by atoms with Gasteiger partial charge in [-0.3, -0.25) is 4.79 Å². The number of likely N-dealkylation sites (tertiary alicyclic amines) is 1. The molecule has 3 nitrogen and oxygen atoms in total. The lowest BCUT2D eigenvalue weighted by molar-refractivity contribution is -0.131. The predicted molar refractivity (Wildman–Crippen MR) is 60.6 cm³/mol. The summed E-state index contributed by atoms with van der Waals surface area (Å²) < 4.78 is 0. The molecule has 0 bridgehead atoms. The minimum absolute atomic E-state index is 0.0156. The maximum Gasteiger partial charge on any atom is 0.239 e. The second kappa shape index (κ2) is 4.97. The monoisotopic (exact) mass is 210 g/mol. The Kier molecular flexibility index (Phi) is 3.62. The van der Waals surface area contributed by atoms with E-state index in [-0.39, 0.29) is 6.04 Å². The van der Waals surface area contributed by atoms with E-state index in [0.717, 1.165) is 25.6 Å². The predicted octanol–water partition coefficient (Wildman–Crippen LogP) is 1.39. The van der Waals surface area contributed by atoms with Gasteiger partial charge in [-0.15, -0.1) is 0 Å². The summed E-state index contributed by atoms with van der Waals surface area (Å²) in [6.45, 7) is 4.93. The van der Waals surface area contributed by atoms with Gasteiger partial charge in [-0.2, -0.15) is 0 Å². The number of nitrogens with one attached hydrogen (secondary N) is 1. The molecule has 2 aliphatic rings. The van der Waals surface area contributed by atoms with Crippen molar-refractivity contribution in [2.75, 3.05) is 19.6 Å². The average Bonchev–Trinajstić information content (AvgIpc) is 2.90. The fourth-order valence-corrected chi connectivity index (χ4v) is 2.21. The third-order valence-corrected chi connectivity index (χ3v) is 3.49. The Balaban J connectivity index is 1.64. The van der Waals surface area contributed by atoms with E-state index >= 15 is 0 Å². The van der Waals surface area contributed by atoms with Crippen molar-refractivity contribution in [2.45, 2.75) is 45.1 Å². The lowest BCUT2D eigenvalue weighted by Crippen LogP contribution is -2.43. The van der Waals surface area contributed by atoms with Crippen molar-refractivity contribution in [1.29, 1.82) is 0 Å². The van der Waals surface area contributed by atoms with Gasteiger partial charge in [-0.05, 0) is 38.6 Å². The largest absolute Gasteiger partial charge is 0.341 e. The van der Waals surface area contributed by atoms with Crippen molar-refractivity contribution >= 4 is 5.91 Å². The van der Waals surface area contributed by atoms with Crippen LogP contribution in [0.25, 0.3) is 0 Å². The van der Waals surface area contributed by atoms with Crippen molar-refractivity contribution in [3.05, 3.63) is 0 Å². The Morgan fingerprint density at radius 3 is 2.67 bits per heavy atom. The van der Waals surface area contributed by atoms with Crippen LogP contribution in [0, 0.1) is 5.92 Å². The molecule has 0 aromatic rings. The lowest BCUT2D eigenvalue weighted by Gasteiger charge is -2.21. The molecule has 1 atom stereocenters.